The first kappa shape index (κ1) is 13.9. The summed E-state index contributed by atoms with van der Waals surface area (Å²) in [5.41, 5.74) is 6.82. The number of nitrogen functional groups attached to an aromatic ring is 1. The normalized spacial score (nSPS) is 22.7. The first-order valence-electron chi connectivity index (χ1n) is 7.14. The standard InChI is InChI=1S/C16H20N2O3/c1-16(20-2)6-3-7-18(10-16)15(19)14-9-11-8-12(17)4-5-13(11)21-14/h4-5,8-9H,3,6-7,10,17H2,1-2H3. The fourth-order valence-electron chi connectivity index (χ4n) is 2.87. The second-order valence-corrected chi connectivity index (χ2v) is 5.89. The molecule has 1 unspecified atom stereocenters. The van der Waals surface area contributed by atoms with Gasteiger partial charge in [-0.3, -0.25) is 4.79 Å². The van der Waals surface area contributed by atoms with Gasteiger partial charge in [0, 0.05) is 31.3 Å². The zero-order chi connectivity index (χ0) is 15.0. The molecule has 0 bridgehead atoms. The van der Waals surface area contributed by atoms with Gasteiger partial charge in [0.25, 0.3) is 5.91 Å². The maximum Gasteiger partial charge on any atom is 0.289 e. The van der Waals surface area contributed by atoms with Crippen molar-refractivity contribution in [3.8, 4) is 0 Å². The third-order valence-electron chi connectivity index (χ3n) is 4.19. The van der Waals surface area contributed by atoms with E-state index in [4.69, 9.17) is 14.9 Å². The van der Waals surface area contributed by atoms with Crippen molar-refractivity contribution in [2.75, 3.05) is 25.9 Å². The molecule has 1 aliphatic heterocycles. The number of nitrogens with two attached hydrogens (primary N) is 1. The number of fused-ring (bicyclic) bond motifs is 1. The van der Waals surface area contributed by atoms with Gasteiger partial charge in [-0.05, 0) is 44.0 Å². The zero-order valence-corrected chi connectivity index (χ0v) is 12.4. The number of amides is 1. The van der Waals surface area contributed by atoms with Gasteiger partial charge in [-0.2, -0.15) is 0 Å². The van der Waals surface area contributed by atoms with Gasteiger partial charge >= 0.3 is 0 Å². The van der Waals surface area contributed by atoms with Gasteiger partial charge in [-0.25, -0.2) is 0 Å². The molecule has 1 aromatic carbocycles. The van der Waals surface area contributed by atoms with Crippen LogP contribution < -0.4 is 5.73 Å². The van der Waals surface area contributed by atoms with E-state index in [0.29, 0.717) is 23.6 Å². The van der Waals surface area contributed by atoms with Crippen molar-refractivity contribution in [1.82, 2.24) is 4.90 Å². The fraction of sp³-hybridized carbons (Fsp3) is 0.438. The largest absolute Gasteiger partial charge is 0.451 e. The lowest BCUT2D eigenvalue weighted by molar-refractivity contribution is -0.0445. The topological polar surface area (TPSA) is 68.7 Å². The molecule has 1 fully saturated rings. The van der Waals surface area contributed by atoms with Gasteiger partial charge in [-0.1, -0.05) is 0 Å². The molecule has 0 saturated carbocycles. The second kappa shape index (κ2) is 5.07. The Hall–Kier alpha value is -2.01. The highest BCUT2D eigenvalue weighted by Crippen LogP contribution is 2.27. The van der Waals surface area contributed by atoms with Crippen LogP contribution in [0.15, 0.2) is 28.7 Å². The molecule has 2 N–H and O–H groups in total. The number of nitrogens with zero attached hydrogens (tertiary/aromatic N) is 1. The smallest absolute Gasteiger partial charge is 0.289 e. The third-order valence-corrected chi connectivity index (χ3v) is 4.19. The summed E-state index contributed by atoms with van der Waals surface area (Å²) in [4.78, 5) is 14.4. The van der Waals surface area contributed by atoms with Crippen LogP contribution in [0.25, 0.3) is 11.0 Å². The number of hydrogen-bond donors (Lipinski definition) is 1. The minimum Gasteiger partial charge on any atom is -0.451 e. The van der Waals surface area contributed by atoms with E-state index in [0.717, 1.165) is 24.8 Å². The molecular formula is C16H20N2O3. The molecule has 1 amide bonds. The first-order chi connectivity index (χ1) is 10.0. The lowest BCUT2D eigenvalue weighted by Crippen LogP contribution is -2.49. The number of carbonyl (C=O) groups excluding carboxylic acids is 1. The van der Waals surface area contributed by atoms with Gasteiger partial charge in [0.1, 0.15) is 5.58 Å². The molecule has 0 aliphatic carbocycles. The number of carbonyl (C=O) groups is 1. The summed E-state index contributed by atoms with van der Waals surface area (Å²) in [7, 11) is 1.69. The molecule has 1 aliphatic rings. The monoisotopic (exact) mass is 288 g/mol. The van der Waals surface area contributed by atoms with Crippen LogP contribution in [0.3, 0.4) is 0 Å². The number of benzene rings is 1. The van der Waals surface area contributed by atoms with Crippen molar-refractivity contribution in [2.24, 2.45) is 0 Å². The average Bonchev–Trinajstić information content (AvgIpc) is 2.89. The Morgan fingerprint density at radius 3 is 3.00 bits per heavy atom. The number of likely N-dealkylation sites (tertiary alicyclic amines) is 1. The van der Waals surface area contributed by atoms with Crippen molar-refractivity contribution >= 4 is 22.6 Å². The molecule has 21 heavy (non-hydrogen) atoms. The number of piperidine rings is 1. The van der Waals surface area contributed by atoms with Crippen LogP contribution in [0.1, 0.15) is 30.3 Å². The molecule has 1 atom stereocenters. The van der Waals surface area contributed by atoms with E-state index in [-0.39, 0.29) is 11.5 Å². The van der Waals surface area contributed by atoms with E-state index < -0.39 is 0 Å². The summed E-state index contributed by atoms with van der Waals surface area (Å²) in [5, 5.41) is 0.852. The SMILES string of the molecule is COC1(C)CCCN(C(=O)c2cc3cc(N)ccc3o2)C1. The van der Waals surface area contributed by atoms with E-state index >= 15 is 0 Å². The highest BCUT2D eigenvalue weighted by molar-refractivity contribution is 5.96. The average molecular weight is 288 g/mol. The van der Waals surface area contributed by atoms with E-state index in [2.05, 4.69) is 0 Å². The molecule has 1 saturated heterocycles. The molecule has 1 aromatic heterocycles. The van der Waals surface area contributed by atoms with Crippen LogP contribution in [0.5, 0.6) is 0 Å². The molecule has 3 rings (SSSR count). The molecular weight excluding hydrogens is 268 g/mol. The Kier molecular flexibility index (Phi) is 3.37. The molecule has 5 heteroatoms. The number of hydrogen-bond acceptors (Lipinski definition) is 4. The van der Waals surface area contributed by atoms with E-state index in [1.54, 1.807) is 30.2 Å². The summed E-state index contributed by atoms with van der Waals surface area (Å²) in [5.74, 6) is 0.267. The maximum atomic E-state index is 12.6. The summed E-state index contributed by atoms with van der Waals surface area (Å²) in [6, 6.07) is 7.12. The maximum absolute atomic E-state index is 12.6. The lowest BCUT2D eigenvalue weighted by atomic mass is 9.94. The number of rotatable bonds is 2. The Morgan fingerprint density at radius 1 is 1.43 bits per heavy atom. The minimum absolute atomic E-state index is 0.0900. The van der Waals surface area contributed by atoms with E-state index in [9.17, 15) is 4.79 Å². The van der Waals surface area contributed by atoms with Gasteiger partial charge in [0.05, 0.1) is 5.60 Å². The van der Waals surface area contributed by atoms with Gasteiger partial charge < -0.3 is 19.8 Å². The van der Waals surface area contributed by atoms with E-state index in [1.807, 2.05) is 13.0 Å². The Morgan fingerprint density at radius 2 is 2.24 bits per heavy atom. The predicted octanol–water partition coefficient (Wildman–Crippen LogP) is 2.66. The molecule has 0 radical (unpaired) electrons. The highest BCUT2D eigenvalue weighted by atomic mass is 16.5. The van der Waals surface area contributed by atoms with Gasteiger partial charge in [0.2, 0.25) is 0 Å². The summed E-state index contributed by atoms with van der Waals surface area (Å²) < 4.78 is 11.2. The Labute approximate surface area is 123 Å². The predicted molar refractivity (Wildman–Crippen MR) is 81.2 cm³/mol. The Bertz CT molecular complexity index is 679. The van der Waals surface area contributed by atoms with Crippen LogP contribution in [0.4, 0.5) is 5.69 Å². The summed E-state index contributed by atoms with van der Waals surface area (Å²) in [6.07, 6.45) is 1.90. The number of anilines is 1. The number of furan rings is 1. The number of methoxy groups -OCH3 is 1. The van der Waals surface area contributed by atoms with Crippen molar-refractivity contribution in [2.45, 2.75) is 25.4 Å². The first-order valence-corrected chi connectivity index (χ1v) is 7.14. The molecule has 5 nitrogen and oxygen atoms in total. The quantitative estimate of drug-likeness (QED) is 0.863. The van der Waals surface area contributed by atoms with Crippen LogP contribution in [0, 0.1) is 0 Å². The van der Waals surface area contributed by atoms with Crippen LogP contribution in [0.2, 0.25) is 0 Å². The van der Waals surface area contributed by atoms with Gasteiger partial charge in [0.15, 0.2) is 5.76 Å². The molecule has 0 spiro atoms. The van der Waals surface area contributed by atoms with Crippen molar-refractivity contribution < 1.29 is 13.9 Å². The van der Waals surface area contributed by atoms with Crippen LogP contribution >= 0.6 is 0 Å². The van der Waals surface area contributed by atoms with Crippen molar-refractivity contribution in [3.63, 3.8) is 0 Å². The highest BCUT2D eigenvalue weighted by Gasteiger charge is 2.34. The second-order valence-electron chi connectivity index (χ2n) is 5.89. The van der Waals surface area contributed by atoms with Crippen molar-refractivity contribution in [3.05, 3.63) is 30.0 Å². The molecule has 2 heterocycles. The van der Waals surface area contributed by atoms with E-state index in [1.165, 1.54) is 0 Å². The van der Waals surface area contributed by atoms with Crippen LogP contribution in [-0.4, -0.2) is 36.6 Å². The lowest BCUT2D eigenvalue weighted by Gasteiger charge is -2.39. The fourth-order valence-corrected chi connectivity index (χ4v) is 2.87. The minimum atomic E-state index is -0.273. The molecule has 112 valence electrons. The van der Waals surface area contributed by atoms with Crippen molar-refractivity contribution in [1.29, 1.82) is 0 Å². The summed E-state index contributed by atoms with van der Waals surface area (Å²) in [6.45, 7) is 3.35. The molecule has 2 aromatic rings. The van der Waals surface area contributed by atoms with Gasteiger partial charge in [-0.15, -0.1) is 0 Å². The van der Waals surface area contributed by atoms with Crippen LogP contribution in [-0.2, 0) is 4.74 Å². The summed E-state index contributed by atoms with van der Waals surface area (Å²) >= 11 is 0. The third kappa shape index (κ3) is 2.61. The zero-order valence-electron chi connectivity index (χ0n) is 12.4. The Balaban J connectivity index is 1.86. The number of ether oxygens (including phenoxy) is 1.